The monoisotopic (exact) mass is 376 g/mol. The van der Waals surface area contributed by atoms with E-state index in [1.807, 2.05) is 32.0 Å². The van der Waals surface area contributed by atoms with E-state index in [4.69, 9.17) is 0 Å². The van der Waals surface area contributed by atoms with E-state index in [-0.39, 0.29) is 23.4 Å². The molecule has 1 atom stereocenters. The van der Waals surface area contributed by atoms with Crippen molar-refractivity contribution < 1.29 is 13.2 Å². The first-order valence-electron chi connectivity index (χ1n) is 8.63. The molecule has 7 nitrogen and oxygen atoms in total. The van der Waals surface area contributed by atoms with Gasteiger partial charge in [-0.05, 0) is 49.9 Å². The Morgan fingerprint density at radius 1 is 1.23 bits per heavy atom. The summed E-state index contributed by atoms with van der Waals surface area (Å²) in [6.45, 7) is 4.54. The molecule has 0 bridgehead atoms. The van der Waals surface area contributed by atoms with Crippen LogP contribution in [0, 0.1) is 19.8 Å². The molecule has 0 saturated carbocycles. The first-order chi connectivity index (χ1) is 12.3. The Morgan fingerprint density at radius 3 is 2.54 bits per heavy atom. The van der Waals surface area contributed by atoms with E-state index in [9.17, 15) is 13.2 Å². The van der Waals surface area contributed by atoms with Gasteiger partial charge in [-0.2, -0.15) is 4.31 Å². The highest BCUT2D eigenvalue weighted by Crippen LogP contribution is 2.24. The topological polar surface area (TPSA) is 84.3 Å². The summed E-state index contributed by atoms with van der Waals surface area (Å²) < 4.78 is 28.4. The van der Waals surface area contributed by atoms with Crippen LogP contribution in [0.15, 0.2) is 35.7 Å². The lowest BCUT2D eigenvalue weighted by molar-refractivity contribution is -0.120. The van der Waals surface area contributed by atoms with Crippen molar-refractivity contribution in [2.24, 2.45) is 13.0 Å². The summed E-state index contributed by atoms with van der Waals surface area (Å²) in [5.74, 6) is -0.515. The van der Waals surface area contributed by atoms with Crippen LogP contribution >= 0.6 is 0 Å². The second-order valence-electron chi connectivity index (χ2n) is 6.95. The number of aromatic nitrogens is 2. The van der Waals surface area contributed by atoms with E-state index < -0.39 is 10.0 Å². The molecule has 1 aromatic carbocycles. The highest BCUT2D eigenvalue weighted by molar-refractivity contribution is 7.89. The van der Waals surface area contributed by atoms with Gasteiger partial charge in [-0.25, -0.2) is 13.4 Å². The van der Waals surface area contributed by atoms with Gasteiger partial charge >= 0.3 is 0 Å². The normalized spacial score (nSPS) is 18.7. The molecule has 0 spiro atoms. The van der Waals surface area contributed by atoms with Crippen molar-refractivity contribution in [3.8, 4) is 0 Å². The molecule has 26 heavy (non-hydrogen) atoms. The van der Waals surface area contributed by atoms with Crippen molar-refractivity contribution in [1.29, 1.82) is 0 Å². The lowest BCUT2D eigenvalue weighted by Crippen LogP contribution is -2.43. The highest BCUT2D eigenvalue weighted by Gasteiger charge is 2.34. The zero-order valence-electron chi connectivity index (χ0n) is 15.3. The summed E-state index contributed by atoms with van der Waals surface area (Å²) in [5, 5.41) is 2.95. The van der Waals surface area contributed by atoms with Gasteiger partial charge in [0.1, 0.15) is 0 Å². The number of rotatable bonds is 4. The Labute approximate surface area is 154 Å². The van der Waals surface area contributed by atoms with Gasteiger partial charge in [0.15, 0.2) is 5.03 Å². The molecule has 140 valence electrons. The number of nitrogens with one attached hydrogen (secondary N) is 1. The third kappa shape index (κ3) is 3.96. The number of aryl methyl sites for hydroxylation is 3. The molecular weight excluding hydrogens is 352 g/mol. The van der Waals surface area contributed by atoms with Gasteiger partial charge in [0, 0.05) is 32.0 Å². The number of hydrogen-bond acceptors (Lipinski definition) is 4. The molecule has 3 rings (SSSR count). The van der Waals surface area contributed by atoms with E-state index in [0.29, 0.717) is 19.4 Å². The zero-order valence-corrected chi connectivity index (χ0v) is 16.1. The lowest BCUT2D eigenvalue weighted by atomic mass is 9.98. The standard InChI is InChI=1S/C18H24N4O3S/c1-13-7-14(2)9-16(8-13)20-18(23)15-5-4-6-22(10-15)26(24,25)17-11-21(3)12-19-17/h7-9,11-12,15H,4-6,10H2,1-3H3,(H,20,23)/t15-/m0/s1. The minimum Gasteiger partial charge on any atom is -0.339 e. The van der Waals surface area contributed by atoms with Crippen molar-refractivity contribution in [3.63, 3.8) is 0 Å². The molecule has 1 amide bonds. The van der Waals surface area contributed by atoms with Gasteiger partial charge in [0.2, 0.25) is 5.91 Å². The largest absolute Gasteiger partial charge is 0.339 e. The maximum absolute atomic E-state index is 12.7. The van der Waals surface area contributed by atoms with Gasteiger partial charge < -0.3 is 9.88 Å². The summed E-state index contributed by atoms with van der Waals surface area (Å²) >= 11 is 0. The average Bonchev–Trinajstić information content (AvgIpc) is 3.01. The highest BCUT2D eigenvalue weighted by atomic mass is 32.2. The van der Waals surface area contributed by atoms with Crippen LogP contribution in [0.3, 0.4) is 0 Å². The molecule has 0 aliphatic carbocycles. The second-order valence-corrected chi connectivity index (χ2v) is 8.83. The molecule has 1 saturated heterocycles. The van der Waals surface area contributed by atoms with E-state index in [2.05, 4.69) is 10.3 Å². The number of piperidine rings is 1. The first kappa shape index (κ1) is 18.6. The molecule has 2 aromatic rings. The molecular formula is C18H24N4O3S. The predicted octanol–water partition coefficient (Wildman–Crippen LogP) is 2.08. The second kappa shape index (κ2) is 7.20. The number of sulfonamides is 1. The van der Waals surface area contributed by atoms with Crippen LogP contribution in [-0.4, -0.2) is 41.3 Å². The fourth-order valence-corrected chi connectivity index (χ4v) is 4.81. The molecule has 2 heterocycles. The molecule has 8 heteroatoms. The van der Waals surface area contributed by atoms with Crippen LogP contribution in [0.5, 0.6) is 0 Å². The van der Waals surface area contributed by atoms with Gasteiger partial charge in [-0.1, -0.05) is 6.07 Å². The predicted molar refractivity (Wildman–Crippen MR) is 99.2 cm³/mol. The van der Waals surface area contributed by atoms with E-state index in [1.165, 1.54) is 16.8 Å². The smallest absolute Gasteiger partial charge is 0.262 e. The fourth-order valence-electron chi connectivity index (χ4n) is 3.32. The number of imidazole rings is 1. The molecule has 0 unspecified atom stereocenters. The SMILES string of the molecule is Cc1cc(C)cc(NC(=O)[C@H]2CCCN(S(=O)(=O)c3cn(C)cn3)C2)c1. The van der Waals surface area contributed by atoms with Crippen molar-refractivity contribution in [2.45, 2.75) is 31.7 Å². The third-order valence-electron chi connectivity index (χ3n) is 4.53. The number of carbonyl (C=O) groups excluding carboxylic acids is 1. The third-order valence-corrected chi connectivity index (χ3v) is 6.28. The molecule has 1 N–H and O–H groups in total. The number of nitrogens with zero attached hydrogens (tertiary/aromatic N) is 3. The summed E-state index contributed by atoms with van der Waals surface area (Å²) in [7, 11) is -1.95. The van der Waals surface area contributed by atoms with Crippen LogP contribution in [0.1, 0.15) is 24.0 Å². The van der Waals surface area contributed by atoms with Crippen LogP contribution in [0.2, 0.25) is 0 Å². The average molecular weight is 376 g/mol. The summed E-state index contributed by atoms with van der Waals surface area (Å²) in [4.78, 5) is 16.6. The Kier molecular flexibility index (Phi) is 5.15. The van der Waals surface area contributed by atoms with Crippen LogP contribution in [-0.2, 0) is 21.9 Å². The minimum absolute atomic E-state index is 0.0235. The Balaban J connectivity index is 1.72. The van der Waals surface area contributed by atoms with Crippen molar-refractivity contribution in [2.75, 3.05) is 18.4 Å². The molecule has 0 radical (unpaired) electrons. The Morgan fingerprint density at radius 2 is 1.92 bits per heavy atom. The van der Waals surface area contributed by atoms with Crippen molar-refractivity contribution in [1.82, 2.24) is 13.9 Å². The fraction of sp³-hybridized carbons (Fsp3) is 0.444. The molecule has 1 aliphatic rings. The lowest BCUT2D eigenvalue weighted by Gasteiger charge is -2.30. The maximum atomic E-state index is 12.7. The number of carbonyl (C=O) groups is 1. The molecule has 1 fully saturated rings. The molecule has 1 aromatic heterocycles. The van der Waals surface area contributed by atoms with Gasteiger partial charge in [-0.3, -0.25) is 4.79 Å². The molecule has 1 aliphatic heterocycles. The van der Waals surface area contributed by atoms with E-state index in [0.717, 1.165) is 16.8 Å². The first-order valence-corrected chi connectivity index (χ1v) is 10.1. The van der Waals surface area contributed by atoms with Gasteiger partial charge in [0.25, 0.3) is 10.0 Å². The van der Waals surface area contributed by atoms with E-state index in [1.54, 1.807) is 11.6 Å². The van der Waals surface area contributed by atoms with Crippen molar-refractivity contribution in [3.05, 3.63) is 41.9 Å². The van der Waals surface area contributed by atoms with Crippen LogP contribution in [0.25, 0.3) is 0 Å². The van der Waals surface area contributed by atoms with Gasteiger partial charge in [0.05, 0.1) is 12.2 Å². The summed E-state index contributed by atoms with van der Waals surface area (Å²) in [5.41, 5.74) is 2.89. The maximum Gasteiger partial charge on any atom is 0.262 e. The zero-order chi connectivity index (χ0) is 18.9. The quantitative estimate of drug-likeness (QED) is 0.885. The minimum atomic E-state index is -3.67. The van der Waals surface area contributed by atoms with Crippen LogP contribution in [0.4, 0.5) is 5.69 Å². The van der Waals surface area contributed by atoms with Gasteiger partial charge in [-0.15, -0.1) is 0 Å². The van der Waals surface area contributed by atoms with E-state index >= 15 is 0 Å². The number of hydrogen-bond donors (Lipinski definition) is 1. The number of benzene rings is 1. The van der Waals surface area contributed by atoms with Crippen molar-refractivity contribution >= 4 is 21.6 Å². The Hall–Kier alpha value is -2.19. The summed E-state index contributed by atoms with van der Waals surface area (Å²) in [6, 6.07) is 5.86. The summed E-state index contributed by atoms with van der Waals surface area (Å²) in [6.07, 6.45) is 4.26. The van der Waals surface area contributed by atoms with Crippen LogP contribution < -0.4 is 5.32 Å². The number of anilines is 1. The Bertz CT molecular complexity index is 900. The number of amides is 1.